The van der Waals surface area contributed by atoms with Crippen molar-refractivity contribution in [3.05, 3.63) is 41.6 Å². The van der Waals surface area contributed by atoms with Crippen molar-refractivity contribution in [3.63, 3.8) is 0 Å². The molecule has 0 aromatic carbocycles. The van der Waals surface area contributed by atoms with Gasteiger partial charge in [0.05, 0.1) is 6.10 Å². The number of carbonyl (C=O) groups is 2. The van der Waals surface area contributed by atoms with E-state index in [1.165, 1.54) is 4.90 Å². The third-order valence-corrected chi connectivity index (χ3v) is 4.41. The van der Waals surface area contributed by atoms with E-state index in [4.69, 9.17) is 14.2 Å². The molecule has 2 aliphatic rings. The third-order valence-electron chi connectivity index (χ3n) is 4.41. The van der Waals surface area contributed by atoms with Crippen LogP contribution in [0.25, 0.3) is 0 Å². The van der Waals surface area contributed by atoms with Gasteiger partial charge in [0.2, 0.25) is 11.7 Å². The van der Waals surface area contributed by atoms with Crippen molar-refractivity contribution in [2.24, 2.45) is 0 Å². The van der Waals surface area contributed by atoms with E-state index < -0.39 is 0 Å². The van der Waals surface area contributed by atoms with Crippen LogP contribution in [0.2, 0.25) is 0 Å². The molecule has 0 bridgehead atoms. The molecule has 8 nitrogen and oxygen atoms in total. The van der Waals surface area contributed by atoms with Crippen LogP contribution in [0.3, 0.4) is 0 Å². The van der Waals surface area contributed by atoms with Crippen molar-refractivity contribution in [1.82, 2.24) is 14.8 Å². The third kappa shape index (κ3) is 4.13. The highest BCUT2D eigenvalue weighted by Crippen LogP contribution is 2.18. The van der Waals surface area contributed by atoms with Crippen molar-refractivity contribution in [2.75, 3.05) is 40.0 Å². The summed E-state index contributed by atoms with van der Waals surface area (Å²) in [7, 11) is 1.58. The van der Waals surface area contributed by atoms with Gasteiger partial charge in [-0.3, -0.25) is 14.6 Å². The Morgan fingerprint density at radius 2 is 2.15 bits per heavy atom. The topological polar surface area (TPSA) is 81.2 Å². The number of nitrogens with zero attached hydrogens (tertiary/aromatic N) is 3. The minimum absolute atomic E-state index is 0.0287. The summed E-state index contributed by atoms with van der Waals surface area (Å²) in [6.07, 6.45) is 3.13. The van der Waals surface area contributed by atoms with Gasteiger partial charge >= 0.3 is 0 Å². The summed E-state index contributed by atoms with van der Waals surface area (Å²) < 4.78 is 16.3. The van der Waals surface area contributed by atoms with Gasteiger partial charge in [-0.15, -0.1) is 0 Å². The fourth-order valence-corrected chi connectivity index (χ4v) is 3.01. The molecule has 2 amide bonds. The Labute approximate surface area is 152 Å². The molecule has 1 fully saturated rings. The summed E-state index contributed by atoms with van der Waals surface area (Å²) in [5, 5.41) is 0. The van der Waals surface area contributed by atoms with Crippen molar-refractivity contribution < 1.29 is 23.8 Å². The largest absolute Gasteiger partial charge is 0.491 e. The Hall–Kier alpha value is -2.61. The van der Waals surface area contributed by atoms with Crippen LogP contribution in [0.5, 0.6) is 0 Å². The van der Waals surface area contributed by atoms with E-state index in [2.05, 4.69) is 4.98 Å². The molecule has 0 saturated carbocycles. The second kappa shape index (κ2) is 8.18. The van der Waals surface area contributed by atoms with Gasteiger partial charge in [-0.05, 0) is 18.6 Å². The van der Waals surface area contributed by atoms with E-state index in [-0.39, 0.29) is 30.2 Å². The monoisotopic (exact) mass is 361 g/mol. The van der Waals surface area contributed by atoms with Crippen LogP contribution in [0, 0.1) is 0 Å². The van der Waals surface area contributed by atoms with Crippen LogP contribution in [0.15, 0.2) is 36.0 Å². The average Bonchev–Trinajstić information content (AvgIpc) is 2.81. The number of ether oxygens (including phenoxy) is 3. The van der Waals surface area contributed by atoms with Gasteiger partial charge in [0, 0.05) is 39.1 Å². The molecule has 1 atom stereocenters. The lowest BCUT2D eigenvalue weighted by Crippen LogP contribution is -2.41. The summed E-state index contributed by atoms with van der Waals surface area (Å²) >= 11 is 0. The normalized spacial score (nSPS) is 21.2. The van der Waals surface area contributed by atoms with Gasteiger partial charge in [-0.1, -0.05) is 6.07 Å². The van der Waals surface area contributed by atoms with Crippen molar-refractivity contribution in [1.29, 1.82) is 0 Å². The van der Waals surface area contributed by atoms with Gasteiger partial charge in [0.25, 0.3) is 5.91 Å². The fraction of sp³-hybridized carbons (Fsp3) is 0.500. The zero-order valence-corrected chi connectivity index (χ0v) is 15.0. The van der Waals surface area contributed by atoms with E-state index in [9.17, 15) is 9.59 Å². The number of amides is 2. The SMILES string of the molecule is CO[C@@H]1CN(Cc2cccnc2)C(=O)CN(C(=O)C2=C(C)OCCO2)C1. The maximum atomic E-state index is 12.8. The first kappa shape index (κ1) is 18.2. The predicted molar refractivity (Wildman–Crippen MR) is 91.6 cm³/mol. The van der Waals surface area contributed by atoms with E-state index in [1.807, 2.05) is 12.1 Å². The van der Waals surface area contributed by atoms with Crippen LogP contribution in [0.4, 0.5) is 0 Å². The molecule has 0 aliphatic carbocycles. The second-order valence-corrected chi connectivity index (χ2v) is 6.26. The lowest BCUT2D eigenvalue weighted by molar-refractivity contribution is -0.139. The number of methoxy groups -OCH3 is 1. The molecule has 0 radical (unpaired) electrons. The zero-order valence-electron chi connectivity index (χ0n) is 15.0. The number of carbonyl (C=O) groups excluding carboxylic acids is 2. The van der Waals surface area contributed by atoms with Crippen molar-refractivity contribution in [2.45, 2.75) is 19.6 Å². The van der Waals surface area contributed by atoms with Gasteiger partial charge < -0.3 is 24.0 Å². The molecule has 3 rings (SSSR count). The highest BCUT2D eigenvalue weighted by atomic mass is 16.6. The Balaban J connectivity index is 1.76. The first-order valence-electron chi connectivity index (χ1n) is 8.53. The minimum Gasteiger partial charge on any atom is -0.491 e. The highest BCUT2D eigenvalue weighted by molar-refractivity contribution is 5.95. The van der Waals surface area contributed by atoms with Crippen molar-refractivity contribution in [3.8, 4) is 0 Å². The number of aromatic nitrogens is 1. The number of hydrogen-bond donors (Lipinski definition) is 0. The Bertz CT molecular complexity index is 691. The van der Waals surface area contributed by atoms with E-state index in [0.717, 1.165) is 5.56 Å². The predicted octanol–water partition coefficient (Wildman–Crippen LogP) is 0.546. The highest BCUT2D eigenvalue weighted by Gasteiger charge is 2.33. The number of allylic oxidation sites excluding steroid dienone is 1. The van der Waals surface area contributed by atoms with Crippen LogP contribution in [-0.2, 0) is 30.3 Å². The molecule has 26 heavy (non-hydrogen) atoms. The molecule has 2 aliphatic heterocycles. The van der Waals surface area contributed by atoms with Gasteiger partial charge in [-0.2, -0.15) is 0 Å². The lowest BCUT2D eigenvalue weighted by Gasteiger charge is -2.26. The molecule has 0 N–H and O–H groups in total. The van der Waals surface area contributed by atoms with Gasteiger partial charge in [0.15, 0.2) is 0 Å². The summed E-state index contributed by atoms with van der Waals surface area (Å²) in [5.74, 6) is 0.122. The van der Waals surface area contributed by atoms with E-state index in [1.54, 1.807) is 31.3 Å². The van der Waals surface area contributed by atoms with Crippen LogP contribution in [0.1, 0.15) is 12.5 Å². The molecule has 3 heterocycles. The Kier molecular flexibility index (Phi) is 5.72. The molecule has 140 valence electrons. The first-order valence-corrected chi connectivity index (χ1v) is 8.53. The zero-order chi connectivity index (χ0) is 18.5. The maximum Gasteiger partial charge on any atom is 0.293 e. The van der Waals surface area contributed by atoms with Crippen molar-refractivity contribution >= 4 is 11.8 Å². The summed E-state index contributed by atoms with van der Waals surface area (Å²) in [6.45, 7) is 3.54. The molecule has 1 aromatic heterocycles. The number of rotatable bonds is 4. The van der Waals surface area contributed by atoms with Gasteiger partial charge in [0.1, 0.15) is 25.5 Å². The molecule has 1 saturated heterocycles. The quantitative estimate of drug-likeness (QED) is 0.779. The van der Waals surface area contributed by atoms with Crippen LogP contribution in [-0.4, -0.2) is 72.7 Å². The average molecular weight is 361 g/mol. The first-order chi connectivity index (χ1) is 12.6. The molecular weight excluding hydrogens is 338 g/mol. The maximum absolute atomic E-state index is 12.8. The minimum atomic E-state index is -0.346. The standard InChI is InChI=1S/C18H23N3O5/c1-13-17(26-7-6-25-13)18(23)21-11-15(24-2)10-20(16(22)12-21)9-14-4-3-5-19-8-14/h3-5,8,15H,6-7,9-12H2,1-2H3/t15-/m1/s1. The Morgan fingerprint density at radius 1 is 1.35 bits per heavy atom. The van der Waals surface area contributed by atoms with Gasteiger partial charge in [-0.25, -0.2) is 0 Å². The Morgan fingerprint density at radius 3 is 2.85 bits per heavy atom. The molecule has 0 unspecified atom stereocenters. The second-order valence-electron chi connectivity index (χ2n) is 6.26. The number of pyridine rings is 1. The molecular formula is C18H23N3O5. The number of hydrogen-bond acceptors (Lipinski definition) is 6. The molecule has 1 aromatic rings. The van der Waals surface area contributed by atoms with E-state index in [0.29, 0.717) is 38.6 Å². The molecule has 8 heteroatoms. The summed E-state index contributed by atoms with van der Waals surface area (Å²) in [4.78, 5) is 32.8. The van der Waals surface area contributed by atoms with E-state index >= 15 is 0 Å². The summed E-state index contributed by atoms with van der Waals surface area (Å²) in [5.41, 5.74) is 0.929. The summed E-state index contributed by atoms with van der Waals surface area (Å²) in [6, 6.07) is 3.74. The van der Waals surface area contributed by atoms with Crippen LogP contribution >= 0.6 is 0 Å². The van der Waals surface area contributed by atoms with Crippen LogP contribution < -0.4 is 0 Å². The fourth-order valence-electron chi connectivity index (χ4n) is 3.01. The lowest BCUT2D eigenvalue weighted by atomic mass is 10.2. The smallest absolute Gasteiger partial charge is 0.293 e. The molecule has 0 spiro atoms.